The first-order valence-corrected chi connectivity index (χ1v) is 6.01. The normalized spacial score (nSPS) is 10.9. The number of nitrogens with one attached hydrogen (secondary N) is 1. The summed E-state index contributed by atoms with van der Waals surface area (Å²) in [5, 5.41) is 14.3. The van der Waals surface area contributed by atoms with Crippen molar-refractivity contribution in [3.63, 3.8) is 0 Å². The minimum absolute atomic E-state index is 0.0700. The highest BCUT2D eigenvalue weighted by Gasteiger charge is 2.09. The summed E-state index contributed by atoms with van der Waals surface area (Å²) < 4.78 is 0. The average molecular weight is 243 g/mol. The van der Waals surface area contributed by atoms with Gasteiger partial charge in [0.2, 0.25) is 0 Å². The van der Waals surface area contributed by atoms with Crippen LogP contribution in [0, 0.1) is 6.92 Å². The van der Waals surface area contributed by atoms with E-state index in [4.69, 9.17) is 0 Å². The van der Waals surface area contributed by atoms with Crippen LogP contribution in [-0.2, 0) is 0 Å². The van der Waals surface area contributed by atoms with Gasteiger partial charge in [0.25, 0.3) is 5.91 Å². The van der Waals surface area contributed by atoms with Gasteiger partial charge in [-0.25, -0.2) is 0 Å². The molecule has 0 aliphatic rings. The Balaban J connectivity index is 2.47. The topological polar surface area (TPSA) is 49.3 Å². The zero-order valence-corrected chi connectivity index (χ0v) is 10.8. The van der Waals surface area contributed by atoms with Gasteiger partial charge in [0.1, 0.15) is 5.75 Å². The number of carbonyl (C=O) groups is 1. The predicted molar refractivity (Wildman–Crippen MR) is 73.0 cm³/mol. The van der Waals surface area contributed by atoms with Crippen LogP contribution in [0.3, 0.4) is 0 Å². The Bertz CT molecular complexity index is 603. The summed E-state index contributed by atoms with van der Waals surface area (Å²) in [6.07, 6.45) is 0. The smallest absolute Gasteiger partial charge is 0.251 e. The Morgan fingerprint density at radius 3 is 2.61 bits per heavy atom. The lowest BCUT2D eigenvalue weighted by Gasteiger charge is -2.10. The number of hydrogen-bond donors (Lipinski definition) is 2. The maximum Gasteiger partial charge on any atom is 0.251 e. The van der Waals surface area contributed by atoms with Gasteiger partial charge in [-0.15, -0.1) is 0 Å². The van der Waals surface area contributed by atoms with Gasteiger partial charge in [-0.05, 0) is 61.4 Å². The Morgan fingerprint density at radius 1 is 1.22 bits per heavy atom. The summed E-state index contributed by atoms with van der Waals surface area (Å²) in [6.45, 7) is 5.79. The van der Waals surface area contributed by atoms with Gasteiger partial charge >= 0.3 is 0 Å². The molecule has 0 aliphatic carbocycles. The second kappa shape index (κ2) is 4.69. The maximum absolute atomic E-state index is 11.9. The molecule has 0 unspecified atom stereocenters. The van der Waals surface area contributed by atoms with Gasteiger partial charge in [-0.2, -0.15) is 0 Å². The maximum atomic E-state index is 11.9. The first kappa shape index (κ1) is 12.4. The lowest BCUT2D eigenvalue weighted by atomic mass is 10.0. The molecule has 2 aromatic rings. The molecule has 0 aliphatic heterocycles. The van der Waals surface area contributed by atoms with Crippen molar-refractivity contribution < 1.29 is 9.90 Å². The molecule has 0 spiro atoms. The van der Waals surface area contributed by atoms with E-state index in [0.29, 0.717) is 5.56 Å². The molecule has 2 rings (SSSR count). The fraction of sp³-hybridized carbons (Fsp3) is 0.267. The molecular weight excluding hydrogens is 226 g/mol. The second-order valence-corrected chi connectivity index (χ2v) is 4.83. The molecule has 94 valence electrons. The van der Waals surface area contributed by atoms with Crippen molar-refractivity contribution in [2.24, 2.45) is 0 Å². The van der Waals surface area contributed by atoms with E-state index in [1.807, 2.05) is 32.9 Å². The first-order chi connectivity index (χ1) is 8.47. The molecule has 0 saturated heterocycles. The minimum Gasteiger partial charge on any atom is -0.508 e. The van der Waals surface area contributed by atoms with Crippen LogP contribution in [0.15, 0.2) is 30.3 Å². The van der Waals surface area contributed by atoms with E-state index in [-0.39, 0.29) is 17.7 Å². The van der Waals surface area contributed by atoms with Crippen LogP contribution in [0.2, 0.25) is 0 Å². The monoisotopic (exact) mass is 243 g/mol. The molecule has 0 aromatic heterocycles. The largest absolute Gasteiger partial charge is 0.508 e. The quantitative estimate of drug-likeness (QED) is 0.851. The van der Waals surface area contributed by atoms with Gasteiger partial charge < -0.3 is 10.4 Å². The van der Waals surface area contributed by atoms with Crippen molar-refractivity contribution in [2.45, 2.75) is 26.8 Å². The van der Waals surface area contributed by atoms with E-state index in [1.54, 1.807) is 18.2 Å². The van der Waals surface area contributed by atoms with E-state index >= 15 is 0 Å². The van der Waals surface area contributed by atoms with Crippen LogP contribution in [0.5, 0.6) is 5.75 Å². The second-order valence-electron chi connectivity index (χ2n) is 4.83. The number of aromatic hydroxyl groups is 1. The number of rotatable bonds is 2. The Kier molecular flexibility index (Phi) is 3.24. The average Bonchev–Trinajstić information content (AvgIpc) is 2.27. The van der Waals surface area contributed by atoms with Gasteiger partial charge in [0.05, 0.1) is 0 Å². The lowest BCUT2D eigenvalue weighted by Crippen LogP contribution is -2.29. The molecular formula is C15H17NO2. The molecule has 0 heterocycles. The zero-order valence-electron chi connectivity index (χ0n) is 10.8. The van der Waals surface area contributed by atoms with Crippen molar-refractivity contribution in [3.8, 4) is 5.75 Å². The number of carbonyl (C=O) groups excluding carboxylic acids is 1. The summed E-state index contributed by atoms with van der Waals surface area (Å²) in [4.78, 5) is 11.9. The summed E-state index contributed by atoms with van der Waals surface area (Å²) in [7, 11) is 0. The third-order valence-corrected chi connectivity index (χ3v) is 2.83. The SMILES string of the molecule is Cc1cc(O)cc2ccc(C(=O)NC(C)C)cc12. The van der Waals surface area contributed by atoms with E-state index in [9.17, 15) is 9.90 Å². The summed E-state index contributed by atoms with van der Waals surface area (Å²) in [6, 6.07) is 9.02. The molecule has 18 heavy (non-hydrogen) atoms. The molecule has 2 N–H and O–H groups in total. The lowest BCUT2D eigenvalue weighted by molar-refractivity contribution is 0.0943. The highest BCUT2D eigenvalue weighted by Crippen LogP contribution is 2.25. The third kappa shape index (κ3) is 2.45. The molecule has 0 atom stereocenters. The number of hydrogen-bond acceptors (Lipinski definition) is 2. The number of benzene rings is 2. The van der Waals surface area contributed by atoms with Gasteiger partial charge in [0, 0.05) is 11.6 Å². The van der Waals surface area contributed by atoms with Crippen LogP contribution < -0.4 is 5.32 Å². The summed E-state index contributed by atoms with van der Waals surface area (Å²) in [5.74, 6) is 0.179. The van der Waals surface area contributed by atoms with E-state index in [2.05, 4.69) is 5.32 Å². The van der Waals surface area contributed by atoms with Crippen LogP contribution in [0.1, 0.15) is 29.8 Å². The number of phenolic OH excluding ortho intramolecular Hbond substituents is 1. The highest BCUT2D eigenvalue weighted by atomic mass is 16.3. The molecule has 0 fully saturated rings. The Hall–Kier alpha value is -2.03. The zero-order chi connectivity index (χ0) is 13.3. The van der Waals surface area contributed by atoms with Crippen molar-refractivity contribution in [3.05, 3.63) is 41.5 Å². The Morgan fingerprint density at radius 2 is 1.94 bits per heavy atom. The fourth-order valence-electron chi connectivity index (χ4n) is 2.01. The number of fused-ring (bicyclic) bond motifs is 1. The van der Waals surface area contributed by atoms with Crippen molar-refractivity contribution in [2.75, 3.05) is 0 Å². The highest BCUT2D eigenvalue weighted by molar-refractivity contribution is 5.99. The third-order valence-electron chi connectivity index (χ3n) is 2.83. The molecule has 0 radical (unpaired) electrons. The minimum atomic E-state index is -0.0700. The molecule has 3 nitrogen and oxygen atoms in total. The molecule has 0 bridgehead atoms. The number of phenols is 1. The summed E-state index contributed by atoms with van der Waals surface area (Å²) >= 11 is 0. The van der Waals surface area contributed by atoms with E-state index in [1.165, 1.54) is 0 Å². The van der Waals surface area contributed by atoms with E-state index in [0.717, 1.165) is 16.3 Å². The van der Waals surface area contributed by atoms with Gasteiger partial charge in [-0.1, -0.05) is 6.07 Å². The van der Waals surface area contributed by atoms with Crippen LogP contribution >= 0.6 is 0 Å². The van der Waals surface area contributed by atoms with Gasteiger partial charge in [0.15, 0.2) is 0 Å². The van der Waals surface area contributed by atoms with Crippen LogP contribution in [-0.4, -0.2) is 17.1 Å². The number of amides is 1. The van der Waals surface area contributed by atoms with E-state index < -0.39 is 0 Å². The number of aryl methyl sites for hydroxylation is 1. The van der Waals surface area contributed by atoms with Crippen molar-refractivity contribution in [1.29, 1.82) is 0 Å². The predicted octanol–water partition coefficient (Wildman–Crippen LogP) is 2.99. The molecule has 3 heteroatoms. The molecule has 0 saturated carbocycles. The van der Waals surface area contributed by atoms with Crippen molar-refractivity contribution >= 4 is 16.7 Å². The van der Waals surface area contributed by atoms with Crippen molar-refractivity contribution in [1.82, 2.24) is 5.32 Å². The first-order valence-electron chi connectivity index (χ1n) is 6.01. The Labute approximate surface area is 106 Å². The summed E-state index contributed by atoms with van der Waals surface area (Å²) in [5.41, 5.74) is 1.61. The fourth-order valence-corrected chi connectivity index (χ4v) is 2.01. The van der Waals surface area contributed by atoms with Gasteiger partial charge in [-0.3, -0.25) is 4.79 Å². The molecule has 2 aromatic carbocycles. The standard InChI is InChI=1S/C15H17NO2/c1-9(2)16-15(18)12-5-4-11-7-13(17)6-10(3)14(11)8-12/h4-9,17H,1-3H3,(H,16,18). The molecule has 1 amide bonds. The van der Waals surface area contributed by atoms with Crippen LogP contribution in [0.25, 0.3) is 10.8 Å². The van der Waals surface area contributed by atoms with Crippen LogP contribution in [0.4, 0.5) is 0 Å².